The third-order valence-electron chi connectivity index (χ3n) is 5.73. The fourth-order valence-corrected chi connectivity index (χ4v) is 5.66. The lowest BCUT2D eigenvalue weighted by Gasteiger charge is -2.62. The zero-order chi connectivity index (χ0) is 10.5. The van der Waals surface area contributed by atoms with Crippen molar-refractivity contribution < 1.29 is 0 Å². The molecular formula is C14H25N. The largest absolute Gasteiger partial charge is 0.330 e. The maximum atomic E-state index is 5.83. The van der Waals surface area contributed by atoms with Gasteiger partial charge in [-0.2, -0.15) is 0 Å². The van der Waals surface area contributed by atoms with Gasteiger partial charge in [-0.3, -0.25) is 0 Å². The summed E-state index contributed by atoms with van der Waals surface area (Å²) in [6.07, 6.45) is 11.9. The Morgan fingerprint density at radius 3 is 2.20 bits per heavy atom. The molecule has 2 unspecified atom stereocenters. The van der Waals surface area contributed by atoms with Crippen LogP contribution in [0.5, 0.6) is 0 Å². The standard InChI is InChI=1S/C14H25N/c1-2-13-6-11-5-12(7-13)9-14(8-11,10-13)3-4-15/h11-12H,2-10,15H2,1H3. The van der Waals surface area contributed by atoms with Crippen LogP contribution in [0.2, 0.25) is 0 Å². The maximum absolute atomic E-state index is 5.83. The molecular weight excluding hydrogens is 182 g/mol. The SMILES string of the molecule is CCC12CC3CC(C1)CC(CCN)(C3)C2. The van der Waals surface area contributed by atoms with Crippen LogP contribution < -0.4 is 5.73 Å². The minimum atomic E-state index is 0.689. The lowest BCUT2D eigenvalue weighted by atomic mass is 9.43. The van der Waals surface area contributed by atoms with Gasteiger partial charge in [-0.05, 0) is 74.2 Å². The molecule has 4 bridgehead atoms. The topological polar surface area (TPSA) is 26.0 Å². The maximum Gasteiger partial charge on any atom is -0.00720 e. The van der Waals surface area contributed by atoms with E-state index in [-0.39, 0.29) is 0 Å². The molecule has 4 aliphatic rings. The molecule has 0 spiro atoms. The van der Waals surface area contributed by atoms with Crippen LogP contribution >= 0.6 is 0 Å². The summed E-state index contributed by atoms with van der Waals surface area (Å²) in [5.41, 5.74) is 7.27. The highest BCUT2D eigenvalue weighted by atomic mass is 14.6. The average Bonchev–Trinajstić information content (AvgIpc) is 2.15. The Kier molecular flexibility index (Phi) is 2.18. The van der Waals surface area contributed by atoms with Crippen molar-refractivity contribution in [1.29, 1.82) is 0 Å². The van der Waals surface area contributed by atoms with E-state index in [0.29, 0.717) is 5.41 Å². The van der Waals surface area contributed by atoms with Crippen LogP contribution in [0.3, 0.4) is 0 Å². The van der Waals surface area contributed by atoms with Crippen molar-refractivity contribution in [2.24, 2.45) is 28.4 Å². The molecule has 0 radical (unpaired) electrons. The summed E-state index contributed by atoms with van der Waals surface area (Å²) in [5.74, 6) is 2.13. The summed E-state index contributed by atoms with van der Waals surface area (Å²) >= 11 is 0. The van der Waals surface area contributed by atoms with Crippen molar-refractivity contribution in [1.82, 2.24) is 0 Å². The van der Waals surface area contributed by atoms with Crippen molar-refractivity contribution in [2.75, 3.05) is 6.54 Å². The van der Waals surface area contributed by atoms with Crippen molar-refractivity contribution in [3.8, 4) is 0 Å². The molecule has 4 rings (SSSR count). The minimum absolute atomic E-state index is 0.689. The Morgan fingerprint density at radius 2 is 1.67 bits per heavy atom. The molecule has 0 aromatic carbocycles. The lowest BCUT2D eigenvalue weighted by molar-refractivity contribution is -0.114. The zero-order valence-electron chi connectivity index (χ0n) is 10.1. The van der Waals surface area contributed by atoms with Gasteiger partial charge in [-0.1, -0.05) is 13.3 Å². The second-order valence-electron chi connectivity index (χ2n) is 6.85. The summed E-state index contributed by atoms with van der Waals surface area (Å²) in [7, 11) is 0. The number of hydrogen-bond donors (Lipinski definition) is 1. The van der Waals surface area contributed by atoms with E-state index in [1.54, 1.807) is 19.3 Å². The van der Waals surface area contributed by atoms with Crippen LogP contribution in [-0.4, -0.2) is 6.54 Å². The van der Waals surface area contributed by atoms with Crippen molar-refractivity contribution in [3.05, 3.63) is 0 Å². The molecule has 4 saturated carbocycles. The van der Waals surface area contributed by atoms with Crippen LogP contribution in [0.1, 0.15) is 58.3 Å². The highest BCUT2D eigenvalue weighted by Crippen LogP contribution is 2.67. The first-order chi connectivity index (χ1) is 7.19. The summed E-state index contributed by atoms with van der Waals surface area (Å²) < 4.78 is 0. The van der Waals surface area contributed by atoms with Gasteiger partial charge in [0, 0.05) is 0 Å². The molecule has 0 aliphatic heterocycles. The van der Waals surface area contributed by atoms with Crippen molar-refractivity contribution in [2.45, 2.75) is 58.3 Å². The Hall–Kier alpha value is -0.0400. The van der Waals surface area contributed by atoms with E-state index in [0.717, 1.165) is 23.8 Å². The number of hydrogen-bond acceptors (Lipinski definition) is 1. The molecule has 0 amide bonds. The number of rotatable bonds is 3. The molecule has 0 aromatic rings. The first-order valence-corrected chi connectivity index (χ1v) is 6.89. The van der Waals surface area contributed by atoms with Crippen molar-refractivity contribution in [3.63, 3.8) is 0 Å². The molecule has 0 saturated heterocycles. The normalized spacial score (nSPS) is 52.4. The van der Waals surface area contributed by atoms with E-state index < -0.39 is 0 Å². The molecule has 15 heavy (non-hydrogen) atoms. The number of nitrogens with two attached hydrogens (primary N) is 1. The smallest absolute Gasteiger partial charge is 0.00720 e. The summed E-state index contributed by atoms with van der Waals surface area (Å²) in [4.78, 5) is 0. The van der Waals surface area contributed by atoms with E-state index in [1.807, 2.05) is 0 Å². The fourth-order valence-electron chi connectivity index (χ4n) is 5.66. The van der Waals surface area contributed by atoms with Crippen LogP contribution in [0, 0.1) is 22.7 Å². The molecule has 0 heterocycles. The molecule has 2 N–H and O–H groups in total. The Bertz CT molecular complexity index is 244. The van der Waals surface area contributed by atoms with Crippen molar-refractivity contribution >= 4 is 0 Å². The van der Waals surface area contributed by atoms with Crippen LogP contribution in [0.25, 0.3) is 0 Å². The van der Waals surface area contributed by atoms with E-state index >= 15 is 0 Å². The van der Waals surface area contributed by atoms with Gasteiger partial charge in [0.15, 0.2) is 0 Å². The molecule has 1 nitrogen and oxygen atoms in total. The third kappa shape index (κ3) is 1.46. The average molecular weight is 207 g/mol. The molecule has 4 fully saturated rings. The van der Waals surface area contributed by atoms with Crippen LogP contribution in [-0.2, 0) is 0 Å². The third-order valence-corrected chi connectivity index (χ3v) is 5.73. The van der Waals surface area contributed by atoms with E-state index in [1.165, 1.54) is 32.1 Å². The molecule has 1 heteroatoms. The molecule has 0 aromatic heterocycles. The molecule has 4 aliphatic carbocycles. The van der Waals surface area contributed by atoms with E-state index in [9.17, 15) is 0 Å². The highest BCUT2D eigenvalue weighted by molar-refractivity contribution is 5.07. The van der Waals surface area contributed by atoms with Gasteiger partial charge in [0.1, 0.15) is 0 Å². The minimum Gasteiger partial charge on any atom is -0.330 e. The van der Waals surface area contributed by atoms with Gasteiger partial charge in [-0.15, -0.1) is 0 Å². The highest BCUT2D eigenvalue weighted by Gasteiger charge is 2.56. The van der Waals surface area contributed by atoms with Gasteiger partial charge in [0.25, 0.3) is 0 Å². The van der Waals surface area contributed by atoms with Gasteiger partial charge < -0.3 is 5.73 Å². The summed E-state index contributed by atoms with van der Waals surface area (Å²) in [6, 6.07) is 0. The second-order valence-corrected chi connectivity index (χ2v) is 6.85. The van der Waals surface area contributed by atoms with Crippen LogP contribution in [0.15, 0.2) is 0 Å². The monoisotopic (exact) mass is 207 g/mol. The molecule has 86 valence electrons. The summed E-state index contributed by atoms with van der Waals surface area (Å²) in [5, 5.41) is 0. The zero-order valence-corrected chi connectivity index (χ0v) is 10.1. The Morgan fingerprint density at radius 1 is 1.07 bits per heavy atom. The molecule has 2 atom stereocenters. The lowest BCUT2D eigenvalue weighted by Crippen LogP contribution is -2.52. The van der Waals surface area contributed by atoms with E-state index in [2.05, 4.69) is 6.92 Å². The van der Waals surface area contributed by atoms with Gasteiger partial charge in [-0.25, -0.2) is 0 Å². The Labute approximate surface area is 93.8 Å². The second kappa shape index (κ2) is 3.23. The quantitative estimate of drug-likeness (QED) is 0.754. The van der Waals surface area contributed by atoms with Gasteiger partial charge >= 0.3 is 0 Å². The Balaban J connectivity index is 1.88. The first kappa shape index (κ1) is 10.1. The fraction of sp³-hybridized carbons (Fsp3) is 1.00. The predicted molar refractivity (Wildman–Crippen MR) is 63.5 cm³/mol. The predicted octanol–water partition coefficient (Wildman–Crippen LogP) is 3.33. The first-order valence-electron chi connectivity index (χ1n) is 6.89. The van der Waals surface area contributed by atoms with Gasteiger partial charge in [0.2, 0.25) is 0 Å². The summed E-state index contributed by atoms with van der Waals surface area (Å²) in [6.45, 7) is 3.34. The van der Waals surface area contributed by atoms with Gasteiger partial charge in [0.05, 0.1) is 0 Å². The van der Waals surface area contributed by atoms with E-state index in [4.69, 9.17) is 5.73 Å². The van der Waals surface area contributed by atoms with Crippen LogP contribution in [0.4, 0.5) is 0 Å².